The van der Waals surface area contributed by atoms with Crippen LogP contribution in [0.3, 0.4) is 0 Å². The van der Waals surface area contributed by atoms with Crippen molar-refractivity contribution < 1.29 is 19.4 Å². The van der Waals surface area contributed by atoms with Crippen LogP contribution in [0.1, 0.15) is 15.9 Å². The lowest BCUT2D eigenvalue weighted by Crippen LogP contribution is -2.28. The highest BCUT2D eigenvalue weighted by Crippen LogP contribution is 2.32. The van der Waals surface area contributed by atoms with Gasteiger partial charge in [-0.15, -0.1) is 0 Å². The molecule has 1 aliphatic heterocycles. The SMILES string of the molecule is COC(=O)c1cccc2c1N(C(=O)O)CC2. The van der Waals surface area contributed by atoms with E-state index in [0.717, 1.165) is 5.56 Å². The second-order valence-corrected chi connectivity index (χ2v) is 3.49. The molecule has 0 saturated carbocycles. The number of para-hydroxylation sites is 1. The Kier molecular flexibility index (Phi) is 2.52. The van der Waals surface area contributed by atoms with E-state index < -0.39 is 12.1 Å². The van der Waals surface area contributed by atoms with Gasteiger partial charge in [-0.2, -0.15) is 0 Å². The van der Waals surface area contributed by atoms with E-state index in [-0.39, 0.29) is 0 Å². The number of amides is 1. The molecule has 1 amide bonds. The van der Waals surface area contributed by atoms with Gasteiger partial charge in [0.25, 0.3) is 0 Å². The summed E-state index contributed by atoms with van der Waals surface area (Å²) in [6.07, 6.45) is -0.415. The van der Waals surface area contributed by atoms with Gasteiger partial charge >= 0.3 is 12.1 Å². The van der Waals surface area contributed by atoms with Crippen molar-refractivity contribution in [1.82, 2.24) is 0 Å². The van der Waals surface area contributed by atoms with E-state index in [4.69, 9.17) is 5.11 Å². The number of carboxylic acid groups (broad SMARTS) is 1. The van der Waals surface area contributed by atoms with Gasteiger partial charge in [0.1, 0.15) is 0 Å². The van der Waals surface area contributed by atoms with Gasteiger partial charge in [0.2, 0.25) is 0 Å². The summed E-state index contributed by atoms with van der Waals surface area (Å²) in [5, 5.41) is 9.01. The predicted molar refractivity (Wildman–Crippen MR) is 56.9 cm³/mol. The number of hydrogen-bond acceptors (Lipinski definition) is 3. The van der Waals surface area contributed by atoms with Crippen molar-refractivity contribution >= 4 is 17.7 Å². The molecule has 2 rings (SSSR count). The molecule has 0 aliphatic carbocycles. The van der Waals surface area contributed by atoms with E-state index in [9.17, 15) is 9.59 Å². The Bertz CT molecular complexity index is 455. The number of ether oxygens (including phenoxy) is 1. The highest BCUT2D eigenvalue weighted by Gasteiger charge is 2.29. The maximum atomic E-state index is 11.5. The lowest BCUT2D eigenvalue weighted by atomic mass is 10.1. The van der Waals surface area contributed by atoms with Crippen LogP contribution >= 0.6 is 0 Å². The zero-order valence-electron chi connectivity index (χ0n) is 8.77. The van der Waals surface area contributed by atoms with Crippen LogP contribution in [-0.4, -0.2) is 30.8 Å². The third-order valence-corrected chi connectivity index (χ3v) is 2.63. The zero-order valence-corrected chi connectivity index (χ0v) is 8.77. The second kappa shape index (κ2) is 3.84. The molecule has 84 valence electrons. The Balaban J connectivity index is 2.53. The van der Waals surface area contributed by atoms with Crippen LogP contribution in [-0.2, 0) is 11.2 Å². The Morgan fingerprint density at radius 1 is 1.44 bits per heavy atom. The van der Waals surface area contributed by atoms with Crippen molar-refractivity contribution in [3.05, 3.63) is 29.3 Å². The molecule has 1 aromatic rings. The standard InChI is InChI=1S/C11H11NO4/c1-16-10(13)8-4-2-3-7-5-6-12(9(7)8)11(14)15/h2-4H,5-6H2,1H3,(H,14,15). The van der Waals surface area contributed by atoms with Crippen LogP contribution in [0, 0.1) is 0 Å². The maximum absolute atomic E-state index is 11.5. The molecule has 0 spiro atoms. The summed E-state index contributed by atoms with van der Waals surface area (Å²) in [6, 6.07) is 5.13. The number of anilines is 1. The summed E-state index contributed by atoms with van der Waals surface area (Å²) in [4.78, 5) is 23.7. The summed E-state index contributed by atoms with van der Waals surface area (Å²) >= 11 is 0. The van der Waals surface area contributed by atoms with Crippen LogP contribution < -0.4 is 4.90 Å². The molecule has 0 saturated heterocycles. The average molecular weight is 221 g/mol. The third-order valence-electron chi connectivity index (χ3n) is 2.63. The van der Waals surface area contributed by atoms with E-state index >= 15 is 0 Å². The molecule has 1 heterocycles. The van der Waals surface area contributed by atoms with Crippen LogP contribution in [0.2, 0.25) is 0 Å². The number of carbonyl (C=O) groups excluding carboxylic acids is 1. The van der Waals surface area contributed by atoms with Crippen LogP contribution in [0.15, 0.2) is 18.2 Å². The fourth-order valence-corrected chi connectivity index (χ4v) is 1.92. The van der Waals surface area contributed by atoms with E-state index in [1.54, 1.807) is 12.1 Å². The summed E-state index contributed by atoms with van der Waals surface area (Å²) in [5.74, 6) is -0.509. The van der Waals surface area contributed by atoms with Gasteiger partial charge in [-0.05, 0) is 18.1 Å². The van der Waals surface area contributed by atoms with E-state index in [2.05, 4.69) is 4.74 Å². The molecule has 1 aliphatic rings. The van der Waals surface area contributed by atoms with Gasteiger partial charge in [-0.1, -0.05) is 12.1 Å². The summed E-state index contributed by atoms with van der Waals surface area (Å²) in [7, 11) is 1.28. The highest BCUT2D eigenvalue weighted by atomic mass is 16.5. The first kappa shape index (κ1) is 10.5. The number of carbonyl (C=O) groups is 2. The Morgan fingerprint density at radius 3 is 2.81 bits per heavy atom. The molecular weight excluding hydrogens is 210 g/mol. The second-order valence-electron chi connectivity index (χ2n) is 3.49. The van der Waals surface area contributed by atoms with Crippen LogP contribution in [0.25, 0.3) is 0 Å². The maximum Gasteiger partial charge on any atom is 0.411 e. The van der Waals surface area contributed by atoms with Crippen molar-refractivity contribution in [3.63, 3.8) is 0 Å². The molecule has 0 radical (unpaired) electrons. The number of nitrogens with zero attached hydrogens (tertiary/aromatic N) is 1. The van der Waals surface area contributed by atoms with Crippen LogP contribution in [0.4, 0.5) is 10.5 Å². The van der Waals surface area contributed by atoms with Crippen molar-refractivity contribution in [3.8, 4) is 0 Å². The minimum absolute atomic E-state index is 0.305. The van der Waals surface area contributed by atoms with Gasteiger partial charge in [-0.3, -0.25) is 4.90 Å². The zero-order chi connectivity index (χ0) is 11.7. The molecule has 0 bridgehead atoms. The number of hydrogen-bond donors (Lipinski definition) is 1. The number of methoxy groups -OCH3 is 1. The van der Waals surface area contributed by atoms with E-state index in [1.807, 2.05) is 6.07 Å². The molecule has 5 nitrogen and oxygen atoms in total. The summed E-state index contributed by atoms with van der Waals surface area (Å²) in [5.41, 5.74) is 1.63. The number of benzene rings is 1. The van der Waals surface area contributed by atoms with Gasteiger partial charge in [0.05, 0.1) is 18.4 Å². The molecule has 0 fully saturated rings. The minimum Gasteiger partial charge on any atom is -0.465 e. The molecule has 0 unspecified atom stereocenters. The first-order chi connectivity index (χ1) is 7.65. The predicted octanol–water partition coefficient (Wildman–Crippen LogP) is 1.51. The lowest BCUT2D eigenvalue weighted by Gasteiger charge is -2.15. The number of rotatable bonds is 1. The van der Waals surface area contributed by atoms with Gasteiger partial charge in [0.15, 0.2) is 0 Å². The van der Waals surface area contributed by atoms with E-state index in [1.165, 1.54) is 12.0 Å². The van der Waals surface area contributed by atoms with Crippen molar-refractivity contribution in [2.24, 2.45) is 0 Å². The van der Waals surface area contributed by atoms with Crippen molar-refractivity contribution in [2.45, 2.75) is 6.42 Å². The Hall–Kier alpha value is -2.04. The quantitative estimate of drug-likeness (QED) is 0.730. The van der Waals surface area contributed by atoms with Crippen molar-refractivity contribution in [1.29, 1.82) is 0 Å². The largest absolute Gasteiger partial charge is 0.465 e. The topological polar surface area (TPSA) is 66.8 Å². The van der Waals surface area contributed by atoms with Gasteiger partial charge in [-0.25, -0.2) is 9.59 Å². The monoisotopic (exact) mass is 221 g/mol. The van der Waals surface area contributed by atoms with Crippen molar-refractivity contribution in [2.75, 3.05) is 18.6 Å². The molecule has 5 heteroatoms. The summed E-state index contributed by atoms with van der Waals surface area (Å²) < 4.78 is 4.63. The van der Waals surface area contributed by atoms with Gasteiger partial charge < -0.3 is 9.84 Å². The summed E-state index contributed by atoms with van der Waals surface area (Å²) in [6.45, 7) is 0.388. The first-order valence-electron chi connectivity index (χ1n) is 4.86. The minimum atomic E-state index is -1.05. The number of fused-ring (bicyclic) bond motifs is 1. The normalized spacial score (nSPS) is 13.4. The highest BCUT2D eigenvalue weighted by molar-refractivity contribution is 6.02. The third kappa shape index (κ3) is 1.50. The Labute approximate surface area is 92.2 Å². The first-order valence-corrected chi connectivity index (χ1v) is 4.86. The van der Waals surface area contributed by atoms with Gasteiger partial charge in [0, 0.05) is 6.54 Å². The fourth-order valence-electron chi connectivity index (χ4n) is 1.92. The number of esters is 1. The Morgan fingerprint density at radius 2 is 2.19 bits per heavy atom. The smallest absolute Gasteiger partial charge is 0.411 e. The molecule has 0 aromatic heterocycles. The molecule has 0 atom stereocenters. The average Bonchev–Trinajstić information content (AvgIpc) is 2.71. The van der Waals surface area contributed by atoms with E-state index in [0.29, 0.717) is 24.2 Å². The fraction of sp³-hybridized carbons (Fsp3) is 0.273. The lowest BCUT2D eigenvalue weighted by molar-refractivity contribution is 0.0601. The molecule has 1 aromatic carbocycles. The van der Waals surface area contributed by atoms with Crippen LogP contribution in [0.5, 0.6) is 0 Å². The molecule has 1 N–H and O–H groups in total. The molecular formula is C11H11NO4. The molecule has 16 heavy (non-hydrogen) atoms.